The summed E-state index contributed by atoms with van der Waals surface area (Å²) in [6.07, 6.45) is 10.8. The van der Waals surface area contributed by atoms with Gasteiger partial charge in [0, 0.05) is 50.9 Å². The third-order valence-electron chi connectivity index (χ3n) is 7.62. The summed E-state index contributed by atoms with van der Waals surface area (Å²) in [5.74, 6) is 1.31. The highest BCUT2D eigenvalue weighted by Gasteiger charge is 2.25. The number of nitrogen functional groups attached to an aromatic ring is 1. The monoisotopic (exact) mass is 569 g/mol. The number of hydrogen-bond donors (Lipinski definition) is 3. The number of hydrogen-bond acceptors (Lipinski definition) is 5. The molecule has 0 unspecified atom stereocenters. The third kappa shape index (κ3) is 7.42. The van der Waals surface area contributed by atoms with Gasteiger partial charge in [-0.05, 0) is 54.9 Å². The Morgan fingerprint density at radius 3 is 2.57 bits per heavy atom. The Bertz CT molecular complexity index is 1440. The number of likely N-dealkylation sites (tertiary alicyclic amines) is 1. The van der Waals surface area contributed by atoms with Crippen molar-refractivity contribution in [3.8, 4) is 0 Å². The molecule has 222 valence electrons. The van der Waals surface area contributed by atoms with Gasteiger partial charge in [0.05, 0.1) is 11.9 Å². The van der Waals surface area contributed by atoms with Gasteiger partial charge in [-0.15, -0.1) is 0 Å². The quantitative estimate of drug-likeness (QED) is 0.141. The molecule has 1 aliphatic heterocycles. The first-order valence-electron chi connectivity index (χ1n) is 14.8. The number of allylic oxidation sites excluding steroid dienone is 3. The molecule has 1 aliphatic rings. The van der Waals surface area contributed by atoms with E-state index < -0.39 is 5.82 Å². The molecule has 0 bridgehead atoms. The summed E-state index contributed by atoms with van der Waals surface area (Å²) >= 11 is 0. The van der Waals surface area contributed by atoms with Crippen LogP contribution in [0.25, 0.3) is 5.57 Å². The SMILES string of the molecule is C=C/C(=C\C(=C/C)c1ncc(N)c(Cc2nc(C(=NC)N3CCCCC3)c(C(C)C)[nH]2)c1F)CNCc1ccccc1. The Labute approximate surface area is 249 Å². The summed E-state index contributed by atoms with van der Waals surface area (Å²) in [5, 5.41) is 3.43. The standard InChI is InChI=1S/C34H44FN7/c1-6-24(20-38-21-25-14-10-8-11-15-25)18-26(7-2)32-30(35)27(28(36)22-39-32)19-29-40-31(23(3)4)33(41-29)34(37-5)42-16-12-9-13-17-42/h6-8,10-11,14-15,18,22-23,38H,1,9,12-13,16-17,19-21,36H2,2-5H3,(H,40,41)/b24-18+,26-7+,37-34?. The molecule has 4 rings (SSSR count). The van der Waals surface area contributed by atoms with E-state index in [0.29, 0.717) is 29.2 Å². The number of pyridine rings is 1. The number of halogens is 1. The van der Waals surface area contributed by atoms with Crippen LogP contribution in [0.2, 0.25) is 0 Å². The number of imidazole rings is 1. The highest BCUT2D eigenvalue weighted by atomic mass is 19.1. The van der Waals surface area contributed by atoms with Gasteiger partial charge in [-0.1, -0.05) is 62.9 Å². The van der Waals surface area contributed by atoms with Crippen LogP contribution in [-0.2, 0) is 13.0 Å². The van der Waals surface area contributed by atoms with E-state index in [9.17, 15) is 0 Å². The van der Waals surface area contributed by atoms with Crippen molar-refractivity contribution >= 4 is 17.1 Å². The van der Waals surface area contributed by atoms with Crippen LogP contribution in [0.15, 0.2) is 71.9 Å². The van der Waals surface area contributed by atoms with Crippen LogP contribution in [0, 0.1) is 5.82 Å². The molecule has 1 aromatic carbocycles. The van der Waals surface area contributed by atoms with Crippen molar-refractivity contribution in [3.05, 3.63) is 107 Å². The molecule has 2 aromatic heterocycles. The van der Waals surface area contributed by atoms with Gasteiger partial charge in [0.2, 0.25) is 0 Å². The fourth-order valence-electron chi connectivity index (χ4n) is 5.32. The molecule has 1 fully saturated rings. The summed E-state index contributed by atoms with van der Waals surface area (Å²) < 4.78 is 16.1. The molecule has 0 spiro atoms. The highest BCUT2D eigenvalue weighted by molar-refractivity contribution is 5.98. The van der Waals surface area contributed by atoms with Crippen molar-refractivity contribution in [3.63, 3.8) is 0 Å². The Balaban J connectivity index is 1.59. The predicted molar refractivity (Wildman–Crippen MR) is 172 cm³/mol. The first kappa shape index (κ1) is 30.9. The average molecular weight is 570 g/mol. The molecular formula is C34H44FN7. The van der Waals surface area contributed by atoms with E-state index in [1.54, 1.807) is 6.08 Å². The fourth-order valence-corrected chi connectivity index (χ4v) is 5.32. The summed E-state index contributed by atoms with van der Waals surface area (Å²) in [7, 11) is 1.82. The first-order chi connectivity index (χ1) is 20.4. The van der Waals surface area contributed by atoms with Gasteiger partial charge in [0.25, 0.3) is 0 Å². The normalized spacial score (nSPS) is 15.0. The maximum atomic E-state index is 16.1. The van der Waals surface area contributed by atoms with Crippen molar-refractivity contribution in [2.24, 2.45) is 4.99 Å². The number of anilines is 1. The summed E-state index contributed by atoms with van der Waals surface area (Å²) in [5.41, 5.74) is 11.9. The molecular weight excluding hydrogens is 525 g/mol. The van der Waals surface area contributed by atoms with Gasteiger partial charge in [-0.25, -0.2) is 9.37 Å². The predicted octanol–water partition coefficient (Wildman–Crippen LogP) is 6.41. The molecule has 0 aliphatic carbocycles. The van der Waals surface area contributed by atoms with Gasteiger partial charge < -0.3 is 20.9 Å². The molecule has 0 atom stereocenters. The van der Waals surface area contributed by atoms with E-state index in [0.717, 1.165) is 55.3 Å². The van der Waals surface area contributed by atoms with E-state index in [1.165, 1.54) is 18.2 Å². The summed E-state index contributed by atoms with van der Waals surface area (Å²) in [6.45, 7) is 13.3. The van der Waals surface area contributed by atoms with Crippen molar-refractivity contribution in [1.82, 2.24) is 25.2 Å². The molecule has 7 nitrogen and oxygen atoms in total. The topological polar surface area (TPSA) is 95.2 Å². The number of H-pyrrole nitrogens is 1. The summed E-state index contributed by atoms with van der Waals surface area (Å²) in [4.78, 5) is 19.8. The number of nitrogens with zero attached hydrogens (tertiary/aromatic N) is 4. The van der Waals surface area contributed by atoms with E-state index in [1.807, 2.05) is 44.3 Å². The summed E-state index contributed by atoms with van der Waals surface area (Å²) in [6, 6.07) is 10.2. The van der Waals surface area contributed by atoms with Crippen molar-refractivity contribution in [2.75, 3.05) is 32.4 Å². The van der Waals surface area contributed by atoms with Crippen molar-refractivity contribution in [1.29, 1.82) is 0 Å². The van der Waals surface area contributed by atoms with Gasteiger partial charge in [-0.2, -0.15) is 0 Å². The van der Waals surface area contributed by atoms with Gasteiger partial charge in [-0.3, -0.25) is 9.98 Å². The zero-order chi connectivity index (χ0) is 30.1. The number of aromatic amines is 1. The van der Waals surface area contributed by atoms with Crippen LogP contribution in [0.5, 0.6) is 0 Å². The number of nitrogens with two attached hydrogens (primary N) is 1. The lowest BCUT2D eigenvalue weighted by atomic mass is 10.0. The van der Waals surface area contributed by atoms with Gasteiger partial charge in [0.1, 0.15) is 17.2 Å². The Morgan fingerprint density at radius 2 is 1.93 bits per heavy atom. The smallest absolute Gasteiger partial charge is 0.155 e. The average Bonchev–Trinajstić information content (AvgIpc) is 3.43. The van der Waals surface area contributed by atoms with E-state index in [2.05, 4.69) is 57.7 Å². The lowest BCUT2D eigenvalue weighted by Gasteiger charge is -2.29. The van der Waals surface area contributed by atoms with Crippen molar-refractivity contribution in [2.45, 2.75) is 58.9 Å². The molecule has 42 heavy (non-hydrogen) atoms. The van der Waals surface area contributed by atoms with Crippen LogP contribution in [-0.4, -0.2) is 52.4 Å². The molecule has 8 heteroatoms. The molecule has 3 aromatic rings. The van der Waals surface area contributed by atoms with Crippen LogP contribution in [0.1, 0.15) is 80.0 Å². The van der Waals surface area contributed by atoms with Crippen molar-refractivity contribution < 1.29 is 4.39 Å². The lowest BCUT2D eigenvalue weighted by molar-refractivity contribution is 0.341. The van der Waals surface area contributed by atoms with Gasteiger partial charge >= 0.3 is 0 Å². The minimum atomic E-state index is -0.440. The maximum absolute atomic E-state index is 16.1. The first-order valence-corrected chi connectivity index (χ1v) is 14.8. The second-order valence-corrected chi connectivity index (χ2v) is 11.0. The Morgan fingerprint density at radius 1 is 1.19 bits per heavy atom. The molecule has 0 radical (unpaired) electrons. The van der Waals surface area contributed by atoms with Crippen LogP contribution >= 0.6 is 0 Å². The minimum absolute atomic E-state index is 0.200. The largest absolute Gasteiger partial charge is 0.397 e. The maximum Gasteiger partial charge on any atom is 0.155 e. The van der Waals surface area contributed by atoms with E-state index in [4.69, 9.17) is 10.7 Å². The van der Waals surface area contributed by atoms with E-state index in [-0.39, 0.29) is 18.0 Å². The number of rotatable bonds is 11. The zero-order valence-electron chi connectivity index (χ0n) is 25.4. The lowest BCUT2D eigenvalue weighted by Crippen LogP contribution is -2.37. The van der Waals surface area contributed by atoms with Crippen LogP contribution < -0.4 is 11.1 Å². The molecule has 4 N–H and O–H groups in total. The molecule has 0 amide bonds. The highest BCUT2D eigenvalue weighted by Crippen LogP contribution is 2.28. The number of aromatic nitrogens is 3. The van der Waals surface area contributed by atoms with Crippen LogP contribution in [0.3, 0.4) is 0 Å². The number of amidine groups is 1. The second-order valence-electron chi connectivity index (χ2n) is 11.0. The number of piperidine rings is 1. The molecule has 3 heterocycles. The molecule has 0 saturated carbocycles. The van der Waals surface area contributed by atoms with Gasteiger partial charge in [0.15, 0.2) is 11.7 Å². The van der Waals surface area contributed by atoms with Crippen LogP contribution in [0.4, 0.5) is 10.1 Å². The Kier molecular flexibility index (Phi) is 10.8. The Hall–Kier alpha value is -4.04. The van der Waals surface area contributed by atoms with E-state index >= 15 is 4.39 Å². The second kappa shape index (κ2) is 14.7. The zero-order valence-corrected chi connectivity index (χ0v) is 25.4. The number of benzene rings is 1. The molecule has 1 saturated heterocycles. The number of nitrogens with one attached hydrogen (secondary N) is 2. The fraction of sp³-hybridized carbons (Fsp3) is 0.382. The third-order valence-corrected chi connectivity index (χ3v) is 7.62. The number of aliphatic imine (C=N–C) groups is 1. The minimum Gasteiger partial charge on any atom is -0.397 e.